The predicted octanol–water partition coefficient (Wildman–Crippen LogP) is 3.09. The van der Waals surface area contributed by atoms with Crippen LogP contribution in [-0.2, 0) is 5.75 Å². The van der Waals surface area contributed by atoms with E-state index in [4.69, 9.17) is 11.6 Å². The van der Waals surface area contributed by atoms with Crippen molar-refractivity contribution in [3.8, 4) is 0 Å². The summed E-state index contributed by atoms with van der Waals surface area (Å²) in [6.07, 6.45) is 2.22. The van der Waals surface area contributed by atoms with Gasteiger partial charge in [-0.2, -0.15) is 0 Å². The summed E-state index contributed by atoms with van der Waals surface area (Å²) in [7, 11) is 0. The zero-order chi connectivity index (χ0) is 12.5. The van der Waals surface area contributed by atoms with Gasteiger partial charge in [-0.3, -0.25) is 0 Å². The van der Waals surface area contributed by atoms with E-state index >= 15 is 0 Å². The zero-order valence-corrected chi connectivity index (χ0v) is 11.0. The first-order chi connectivity index (χ1) is 8.75. The lowest BCUT2D eigenvalue weighted by molar-refractivity contribution is 0.565. The van der Waals surface area contributed by atoms with E-state index in [-0.39, 0.29) is 5.82 Å². The van der Waals surface area contributed by atoms with Gasteiger partial charge in [-0.15, -0.1) is 5.10 Å². The second-order valence-electron chi connectivity index (χ2n) is 4.13. The molecule has 3 rings (SSSR count). The van der Waals surface area contributed by atoms with E-state index in [0.717, 1.165) is 18.0 Å². The third kappa shape index (κ3) is 2.35. The van der Waals surface area contributed by atoms with E-state index in [0.29, 0.717) is 22.4 Å². The number of nitrogens with zero attached hydrogens (tertiary/aromatic N) is 4. The summed E-state index contributed by atoms with van der Waals surface area (Å²) in [5.74, 6) is 0.138. The summed E-state index contributed by atoms with van der Waals surface area (Å²) in [5.41, 5.74) is 0.495. The molecule has 94 valence electrons. The molecule has 1 aromatic heterocycles. The first kappa shape index (κ1) is 11.9. The third-order valence-electron chi connectivity index (χ3n) is 2.76. The number of halogens is 2. The lowest BCUT2D eigenvalue weighted by Gasteiger charge is -2.05. The average Bonchev–Trinajstić information content (AvgIpc) is 3.09. The summed E-state index contributed by atoms with van der Waals surface area (Å²) < 4.78 is 15.4. The van der Waals surface area contributed by atoms with Crippen molar-refractivity contribution in [2.75, 3.05) is 0 Å². The number of hydrogen-bond acceptors (Lipinski definition) is 4. The Morgan fingerprint density at radius 2 is 2.28 bits per heavy atom. The molecule has 0 amide bonds. The van der Waals surface area contributed by atoms with E-state index in [9.17, 15) is 4.39 Å². The van der Waals surface area contributed by atoms with E-state index in [1.807, 2.05) is 0 Å². The Balaban J connectivity index is 1.76. The molecule has 1 aromatic carbocycles. The van der Waals surface area contributed by atoms with E-state index in [1.54, 1.807) is 16.8 Å². The van der Waals surface area contributed by atoms with E-state index in [1.165, 1.54) is 17.8 Å². The molecule has 18 heavy (non-hydrogen) atoms. The molecule has 1 heterocycles. The summed E-state index contributed by atoms with van der Waals surface area (Å²) in [6.45, 7) is 0. The van der Waals surface area contributed by atoms with Gasteiger partial charge in [-0.25, -0.2) is 9.07 Å². The van der Waals surface area contributed by atoms with Crippen molar-refractivity contribution in [2.45, 2.75) is 29.8 Å². The fourth-order valence-electron chi connectivity index (χ4n) is 1.64. The molecule has 0 aliphatic heterocycles. The van der Waals surface area contributed by atoms with Crippen molar-refractivity contribution < 1.29 is 4.39 Å². The monoisotopic (exact) mass is 284 g/mol. The molecule has 2 aromatic rings. The van der Waals surface area contributed by atoms with Crippen molar-refractivity contribution in [3.05, 3.63) is 34.6 Å². The quantitative estimate of drug-likeness (QED) is 0.809. The first-order valence-corrected chi connectivity index (χ1v) is 6.95. The fraction of sp³-hybridized carbons (Fsp3) is 0.364. The Morgan fingerprint density at radius 1 is 1.44 bits per heavy atom. The Kier molecular flexibility index (Phi) is 3.22. The van der Waals surface area contributed by atoms with Crippen LogP contribution in [-0.4, -0.2) is 20.2 Å². The summed E-state index contributed by atoms with van der Waals surface area (Å²) >= 11 is 7.38. The molecule has 0 unspecified atom stereocenters. The smallest absolute Gasteiger partial charge is 0.209 e. The second kappa shape index (κ2) is 4.85. The number of tetrazole rings is 1. The molecule has 1 aliphatic rings. The van der Waals surface area contributed by atoms with Crippen LogP contribution < -0.4 is 0 Å². The number of rotatable bonds is 4. The highest BCUT2D eigenvalue weighted by atomic mass is 35.5. The number of aromatic nitrogens is 4. The van der Waals surface area contributed by atoms with Gasteiger partial charge in [0.2, 0.25) is 5.16 Å². The zero-order valence-electron chi connectivity index (χ0n) is 9.38. The minimum atomic E-state index is -0.291. The van der Waals surface area contributed by atoms with Crippen molar-refractivity contribution in [1.82, 2.24) is 20.2 Å². The topological polar surface area (TPSA) is 43.6 Å². The number of thioether (sulfide) groups is 1. The molecular formula is C11H10ClFN4S. The average molecular weight is 285 g/mol. The molecule has 7 heteroatoms. The third-order valence-corrected chi connectivity index (χ3v) is 4.08. The van der Waals surface area contributed by atoms with Gasteiger partial charge in [0.15, 0.2) is 0 Å². The van der Waals surface area contributed by atoms with Crippen LogP contribution in [0.1, 0.15) is 24.4 Å². The molecule has 0 saturated heterocycles. The summed E-state index contributed by atoms with van der Waals surface area (Å²) in [5, 5.41) is 12.7. The Hall–Kier alpha value is -1.14. The number of hydrogen-bond donors (Lipinski definition) is 0. The van der Waals surface area contributed by atoms with Gasteiger partial charge in [-0.05, 0) is 35.4 Å². The molecule has 1 aliphatic carbocycles. The Morgan fingerprint density at radius 3 is 3.00 bits per heavy atom. The minimum Gasteiger partial charge on any atom is -0.217 e. The van der Waals surface area contributed by atoms with Crippen LogP contribution in [0.25, 0.3) is 0 Å². The van der Waals surface area contributed by atoms with Gasteiger partial charge in [0.05, 0.1) is 6.04 Å². The van der Waals surface area contributed by atoms with Gasteiger partial charge in [-0.1, -0.05) is 29.4 Å². The van der Waals surface area contributed by atoms with Gasteiger partial charge >= 0.3 is 0 Å². The maximum absolute atomic E-state index is 13.6. The summed E-state index contributed by atoms with van der Waals surface area (Å²) in [4.78, 5) is 0. The van der Waals surface area contributed by atoms with Crippen LogP contribution in [0.5, 0.6) is 0 Å². The lowest BCUT2D eigenvalue weighted by Crippen LogP contribution is -1.99. The highest BCUT2D eigenvalue weighted by molar-refractivity contribution is 7.98. The maximum Gasteiger partial charge on any atom is 0.209 e. The first-order valence-electron chi connectivity index (χ1n) is 5.59. The van der Waals surface area contributed by atoms with Gasteiger partial charge < -0.3 is 0 Å². The largest absolute Gasteiger partial charge is 0.217 e. The van der Waals surface area contributed by atoms with Crippen LogP contribution in [0.15, 0.2) is 23.4 Å². The van der Waals surface area contributed by atoms with Crippen LogP contribution in [0.4, 0.5) is 4.39 Å². The van der Waals surface area contributed by atoms with Crippen LogP contribution in [0.2, 0.25) is 5.02 Å². The van der Waals surface area contributed by atoms with Crippen molar-refractivity contribution in [1.29, 1.82) is 0 Å². The molecule has 0 N–H and O–H groups in total. The standard InChI is InChI=1S/C11H10ClFN4S/c12-9-2-1-3-10(13)8(9)6-18-11-14-15-16-17(11)7-4-5-7/h1-3,7H,4-6H2. The van der Waals surface area contributed by atoms with Crippen molar-refractivity contribution in [3.63, 3.8) is 0 Å². The van der Waals surface area contributed by atoms with Gasteiger partial charge in [0, 0.05) is 16.3 Å². The summed E-state index contributed by atoms with van der Waals surface area (Å²) in [6, 6.07) is 5.11. The molecule has 4 nitrogen and oxygen atoms in total. The molecule has 1 saturated carbocycles. The molecule has 0 bridgehead atoms. The second-order valence-corrected chi connectivity index (χ2v) is 5.48. The highest BCUT2D eigenvalue weighted by Crippen LogP contribution is 2.37. The van der Waals surface area contributed by atoms with Crippen molar-refractivity contribution in [2.24, 2.45) is 0 Å². The highest BCUT2D eigenvalue weighted by Gasteiger charge is 2.28. The van der Waals surface area contributed by atoms with E-state index in [2.05, 4.69) is 15.5 Å². The van der Waals surface area contributed by atoms with Crippen molar-refractivity contribution >= 4 is 23.4 Å². The van der Waals surface area contributed by atoms with Crippen LogP contribution in [0.3, 0.4) is 0 Å². The Labute approximate surface area is 113 Å². The Bertz CT molecular complexity index is 550. The lowest BCUT2D eigenvalue weighted by atomic mass is 10.2. The van der Waals surface area contributed by atoms with Gasteiger partial charge in [0.25, 0.3) is 0 Å². The molecule has 0 spiro atoms. The maximum atomic E-state index is 13.6. The normalized spacial score (nSPS) is 15.0. The minimum absolute atomic E-state index is 0.291. The molecule has 0 atom stereocenters. The molecule has 0 radical (unpaired) electrons. The predicted molar refractivity (Wildman–Crippen MR) is 67.1 cm³/mol. The van der Waals surface area contributed by atoms with Crippen LogP contribution in [0, 0.1) is 5.82 Å². The number of benzene rings is 1. The van der Waals surface area contributed by atoms with Gasteiger partial charge in [0.1, 0.15) is 5.82 Å². The van der Waals surface area contributed by atoms with E-state index < -0.39 is 0 Å². The SMILES string of the molecule is Fc1cccc(Cl)c1CSc1nnnn1C1CC1. The molecule has 1 fully saturated rings. The fourth-order valence-corrected chi connectivity index (χ4v) is 2.92. The van der Waals surface area contributed by atoms with Crippen LogP contribution >= 0.6 is 23.4 Å². The molecular weight excluding hydrogens is 275 g/mol.